The molecule has 2 rings (SSSR count). The number of hydrogen-bond donors (Lipinski definition) is 2. The number of rotatable bonds is 6. The molecule has 3 N–H and O–H groups in total. The molecule has 0 aliphatic heterocycles. The van der Waals surface area contributed by atoms with E-state index in [4.69, 9.17) is 5.14 Å². The molecule has 1 aromatic carbocycles. The summed E-state index contributed by atoms with van der Waals surface area (Å²) in [4.78, 5) is 24.0. The second-order valence-corrected chi connectivity index (χ2v) is 7.22. The average Bonchev–Trinajstić information content (AvgIpc) is 2.56. The standard InChI is InChI=1S/C16H20N4O4S/c1-11-3-8-15(21)20(19-11)12(2)16(22)18-10-9-13-4-6-14(7-5-13)25(17,23)24/h3-8,12H,9-10H2,1-2H3,(H,18,22)(H2,17,23,24). The van der Waals surface area contributed by atoms with Gasteiger partial charge in [0.05, 0.1) is 10.6 Å². The highest BCUT2D eigenvalue weighted by Gasteiger charge is 2.16. The maximum atomic E-state index is 12.2. The molecular weight excluding hydrogens is 344 g/mol. The van der Waals surface area contributed by atoms with Crippen LogP contribution in [0.2, 0.25) is 0 Å². The van der Waals surface area contributed by atoms with Crippen LogP contribution < -0.4 is 16.0 Å². The lowest BCUT2D eigenvalue weighted by Crippen LogP contribution is -2.37. The lowest BCUT2D eigenvalue weighted by Gasteiger charge is -2.14. The number of benzene rings is 1. The molecule has 0 fully saturated rings. The van der Waals surface area contributed by atoms with Crippen LogP contribution >= 0.6 is 0 Å². The van der Waals surface area contributed by atoms with Crippen LogP contribution in [0.5, 0.6) is 0 Å². The normalized spacial score (nSPS) is 12.6. The van der Waals surface area contributed by atoms with E-state index in [9.17, 15) is 18.0 Å². The Hall–Kier alpha value is -2.52. The lowest BCUT2D eigenvalue weighted by molar-refractivity contribution is -0.124. The molecule has 9 heteroatoms. The summed E-state index contributed by atoms with van der Waals surface area (Å²) in [7, 11) is -3.71. The number of aromatic nitrogens is 2. The monoisotopic (exact) mass is 364 g/mol. The molecule has 1 unspecified atom stereocenters. The maximum absolute atomic E-state index is 12.2. The minimum absolute atomic E-state index is 0.0406. The van der Waals surface area contributed by atoms with Crippen LogP contribution in [0.15, 0.2) is 46.1 Å². The summed E-state index contributed by atoms with van der Waals surface area (Å²) in [6.07, 6.45) is 0.513. The molecule has 1 amide bonds. The van der Waals surface area contributed by atoms with Crippen molar-refractivity contribution in [1.82, 2.24) is 15.1 Å². The van der Waals surface area contributed by atoms with E-state index < -0.39 is 16.1 Å². The molecule has 1 heterocycles. The third kappa shape index (κ3) is 4.97. The highest BCUT2D eigenvalue weighted by Crippen LogP contribution is 2.09. The molecule has 2 aromatic rings. The van der Waals surface area contributed by atoms with Gasteiger partial charge in [-0.15, -0.1) is 0 Å². The van der Waals surface area contributed by atoms with Crippen LogP contribution in [0.25, 0.3) is 0 Å². The SMILES string of the molecule is Cc1ccc(=O)n(C(C)C(=O)NCCc2ccc(S(N)(=O)=O)cc2)n1. The van der Waals surface area contributed by atoms with Crippen molar-refractivity contribution in [2.24, 2.45) is 5.14 Å². The Morgan fingerprint density at radius 1 is 1.24 bits per heavy atom. The number of sulfonamides is 1. The van der Waals surface area contributed by atoms with Gasteiger partial charge in [0.25, 0.3) is 5.56 Å². The van der Waals surface area contributed by atoms with Crippen molar-refractivity contribution < 1.29 is 13.2 Å². The summed E-state index contributed by atoms with van der Waals surface area (Å²) >= 11 is 0. The Morgan fingerprint density at radius 3 is 2.48 bits per heavy atom. The Morgan fingerprint density at radius 2 is 1.88 bits per heavy atom. The molecule has 0 aliphatic rings. The number of amides is 1. The average molecular weight is 364 g/mol. The summed E-state index contributed by atoms with van der Waals surface area (Å²) < 4.78 is 23.5. The zero-order valence-corrected chi connectivity index (χ0v) is 14.8. The van der Waals surface area contributed by atoms with Crippen molar-refractivity contribution in [1.29, 1.82) is 0 Å². The number of primary sulfonamides is 1. The van der Waals surface area contributed by atoms with Crippen molar-refractivity contribution in [2.75, 3.05) is 6.54 Å². The van der Waals surface area contributed by atoms with Gasteiger partial charge in [-0.1, -0.05) is 12.1 Å². The van der Waals surface area contributed by atoms with Crippen molar-refractivity contribution in [2.45, 2.75) is 31.2 Å². The van der Waals surface area contributed by atoms with Crippen LogP contribution in [0, 0.1) is 6.92 Å². The quantitative estimate of drug-likeness (QED) is 0.753. The summed E-state index contributed by atoms with van der Waals surface area (Å²) in [5.41, 5.74) is 1.16. The third-order valence-electron chi connectivity index (χ3n) is 3.67. The van der Waals surface area contributed by atoms with Crippen LogP contribution in [0.4, 0.5) is 0 Å². The Balaban J connectivity index is 1.94. The van der Waals surface area contributed by atoms with Crippen molar-refractivity contribution >= 4 is 15.9 Å². The fourth-order valence-corrected chi connectivity index (χ4v) is 2.75. The zero-order valence-electron chi connectivity index (χ0n) is 14.0. The van der Waals surface area contributed by atoms with Gasteiger partial charge in [-0.3, -0.25) is 9.59 Å². The molecule has 134 valence electrons. The van der Waals surface area contributed by atoms with Gasteiger partial charge in [-0.05, 0) is 44.0 Å². The van der Waals surface area contributed by atoms with Crippen LogP contribution in [0.3, 0.4) is 0 Å². The molecule has 0 saturated carbocycles. The second-order valence-electron chi connectivity index (χ2n) is 5.66. The van der Waals surface area contributed by atoms with Gasteiger partial charge in [0.2, 0.25) is 15.9 Å². The van der Waals surface area contributed by atoms with Gasteiger partial charge in [0.15, 0.2) is 0 Å². The number of nitrogens with one attached hydrogen (secondary N) is 1. The van der Waals surface area contributed by atoms with E-state index in [0.29, 0.717) is 18.7 Å². The molecule has 1 atom stereocenters. The number of carbonyl (C=O) groups is 1. The maximum Gasteiger partial charge on any atom is 0.267 e. The molecule has 0 spiro atoms. The van der Waals surface area contributed by atoms with Gasteiger partial charge in [-0.2, -0.15) is 5.10 Å². The second kappa shape index (κ2) is 7.58. The lowest BCUT2D eigenvalue weighted by atomic mass is 10.1. The fraction of sp³-hybridized carbons (Fsp3) is 0.312. The van der Waals surface area contributed by atoms with Crippen molar-refractivity contribution in [3.05, 3.63) is 58.0 Å². The molecule has 0 saturated heterocycles. The molecule has 0 radical (unpaired) electrons. The predicted octanol–water partition coefficient (Wildman–Crippen LogP) is 0.119. The Labute approximate surface area is 145 Å². The smallest absolute Gasteiger partial charge is 0.267 e. The van der Waals surface area contributed by atoms with Crippen LogP contribution in [-0.2, 0) is 21.2 Å². The first kappa shape index (κ1) is 18.8. The van der Waals surface area contributed by atoms with E-state index >= 15 is 0 Å². The van der Waals surface area contributed by atoms with Gasteiger partial charge in [0.1, 0.15) is 6.04 Å². The van der Waals surface area contributed by atoms with Gasteiger partial charge < -0.3 is 5.32 Å². The van der Waals surface area contributed by atoms with Gasteiger partial charge in [0, 0.05) is 12.6 Å². The summed E-state index contributed by atoms with van der Waals surface area (Å²) in [5.74, 6) is -0.318. The van der Waals surface area contributed by atoms with E-state index in [1.165, 1.54) is 18.2 Å². The predicted molar refractivity (Wildman–Crippen MR) is 92.5 cm³/mol. The first-order valence-corrected chi connectivity index (χ1v) is 9.19. The summed E-state index contributed by atoms with van der Waals surface area (Å²) in [6.45, 7) is 3.69. The largest absolute Gasteiger partial charge is 0.354 e. The van der Waals surface area contributed by atoms with Crippen LogP contribution in [-0.4, -0.2) is 30.7 Å². The Kier molecular flexibility index (Phi) is 5.70. The first-order chi connectivity index (χ1) is 11.7. The summed E-state index contributed by atoms with van der Waals surface area (Å²) in [5, 5.41) is 11.8. The molecule has 25 heavy (non-hydrogen) atoms. The third-order valence-corrected chi connectivity index (χ3v) is 4.60. The highest BCUT2D eigenvalue weighted by molar-refractivity contribution is 7.89. The van der Waals surface area contributed by atoms with Crippen LogP contribution in [0.1, 0.15) is 24.2 Å². The minimum atomic E-state index is -3.71. The number of nitrogens with two attached hydrogens (primary N) is 1. The molecule has 0 aliphatic carbocycles. The molecule has 0 bridgehead atoms. The van der Waals surface area contributed by atoms with Gasteiger partial charge in [-0.25, -0.2) is 18.2 Å². The van der Waals surface area contributed by atoms with Crippen molar-refractivity contribution in [3.63, 3.8) is 0 Å². The van der Waals surface area contributed by atoms with Gasteiger partial charge >= 0.3 is 0 Å². The number of aryl methyl sites for hydroxylation is 1. The fourth-order valence-electron chi connectivity index (χ4n) is 2.23. The van der Waals surface area contributed by atoms with E-state index in [0.717, 1.165) is 10.2 Å². The van der Waals surface area contributed by atoms with E-state index in [1.54, 1.807) is 32.0 Å². The minimum Gasteiger partial charge on any atom is -0.354 e. The highest BCUT2D eigenvalue weighted by atomic mass is 32.2. The van der Waals surface area contributed by atoms with E-state index in [2.05, 4.69) is 10.4 Å². The number of carbonyl (C=O) groups excluding carboxylic acids is 1. The zero-order chi connectivity index (χ0) is 18.6. The molecule has 1 aromatic heterocycles. The first-order valence-electron chi connectivity index (χ1n) is 7.64. The summed E-state index contributed by atoms with van der Waals surface area (Å²) in [6, 6.07) is 8.37. The molecule has 8 nitrogen and oxygen atoms in total. The van der Waals surface area contributed by atoms with E-state index in [1.807, 2.05) is 0 Å². The number of nitrogens with zero attached hydrogens (tertiary/aromatic N) is 2. The molecular formula is C16H20N4O4S. The topological polar surface area (TPSA) is 124 Å². The number of hydrogen-bond acceptors (Lipinski definition) is 5. The van der Waals surface area contributed by atoms with E-state index in [-0.39, 0.29) is 16.4 Å². The Bertz CT molecular complexity index is 920. The van der Waals surface area contributed by atoms with Crippen molar-refractivity contribution in [3.8, 4) is 0 Å².